The molecule has 0 aliphatic heterocycles. The Bertz CT molecular complexity index is 514. The van der Waals surface area contributed by atoms with E-state index in [9.17, 15) is 10.1 Å². The summed E-state index contributed by atoms with van der Waals surface area (Å²) in [6.07, 6.45) is 3.51. The van der Waals surface area contributed by atoms with E-state index in [2.05, 4.69) is 10.4 Å². The first-order valence-electron chi connectivity index (χ1n) is 4.67. The number of hydrogen-bond donors (Lipinski definition) is 1. The Morgan fingerprint density at radius 3 is 2.62 bits per heavy atom. The van der Waals surface area contributed by atoms with E-state index < -0.39 is 4.92 Å². The summed E-state index contributed by atoms with van der Waals surface area (Å²) in [6.45, 7) is 1.72. The summed E-state index contributed by atoms with van der Waals surface area (Å²) >= 11 is 0. The van der Waals surface area contributed by atoms with Gasteiger partial charge in [0.05, 0.1) is 0 Å². The average molecular weight is 221 g/mol. The van der Waals surface area contributed by atoms with Gasteiger partial charge in [0.15, 0.2) is 0 Å². The lowest BCUT2D eigenvalue weighted by Crippen LogP contribution is -2.11. The summed E-state index contributed by atoms with van der Waals surface area (Å²) in [7, 11) is 1.72. The molecule has 84 valence electrons. The molecule has 0 bridgehead atoms. The lowest BCUT2D eigenvalue weighted by molar-refractivity contribution is -0.388. The highest BCUT2D eigenvalue weighted by Crippen LogP contribution is 2.23. The van der Waals surface area contributed by atoms with Crippen molar-refractivity contribution in [2.24, 2.45) is 7.05 Å². The second kappa shape index (κ2) is 3.69. The van der Waals surface area contributed by atoms with Gasteiger partial charge in [-0.15, -0.1) is 0 Å². The molecule has 0 radical (unpaired) electrons. The molecule has 0 saturated heterocycles. The van der Waals surface area contributed by atoms with Crippen molar-refractivity contribution in [2.75, 3.05) is 5.43 Å². The molecule has 1 N–H and O–H groups in total. The molecular formula is C9H11N5O2. The zero-order valence-corrected chi connectivity index (χ0v) is 8.91. The van der Waals surface area contributed by atoms with Crippen molar-refractivity contribution in [1.82, 2.24) is 14.2 Å². The number of imidazole rings is 1. The summed E-state index contributed by atoms with van der Waals surface area (Å²) in [5.74, 6) is 0.772. The molecule has 2 heterocycles. The molecule has 0 atom stereocenters. The van der Waals surface area contributed by atoms with Gasteiger partial charge in [0.1, 0.15) is 0 Å². The SMILES string of the molecule is Cc1nc([N+](=O)[O-])c(Nn2cccc2)n1C. The Morgan fingerprint density at radius 2 is 2.06 bits per heavy atom. The lowest BCUT2D eigenvalue weighted by Gasteiger charge is -2.06. The van der Waals surface area contributed by atoms with Crippen molar-refractivity contribution >= 4 is 11.6 Å². The first kappa shape index (κ1) is 10.2. The number of nitrogens with one attached hydrogen (secondary N) is 1. The maximum absolute atomic E-state index is 10.8. The second-order valence-corrected chi connectivity index (χ2v) is 3.35. The molecule has 2 aromatic heterocycles. The first-order valence-corrected chi connectivity index (χ1v) is 4.67. The molecule has 7 nitrogen and oxygen atoms in total. The standard InChI is InChI=1S/C9H11N5O2/c1-7-10-8(14(15)16)9(12(7)2)11-13-5-3-4-6-13/h3-6,11H,1-2H3. The molecule has 2 rings (SSSR count). The summed E-state index contributed by atoms with van der Waals surface area (Å²) in [4.78, 5) is 14.2. The third-order valence-corrected chi connectivity index (χ3v) is 2.31. The predicted molar refractivity (Wildman–Crippen MR) is 58.1 cm³/mol. The monoisotopic (exact) mass is 221 g/mol. The molecular weight excluding hydrogens is 210 g/mol. The number of aromatic nitrogens is 3. The Labute approximate surface area is 91.4 Å². The van der Waals surface area contributed by atoms with E-state index in [1.165, 1.54) is 0 Å². The van der Waals surface area contributed by atoms with Gasteiger partial charge in [0.2, 0.25) is 11.6 Å². The zero-order chi connectivity index (χ0) is 11.7. The Hall–Kier alpha value is -2.31. The van der Waals surface area contributed by atoms with Gasteiger partial charge in [-0.25, -0.2) is 0 Å². The number of anilines is 1. The number of nitro groups is 1. The fraction of sp³-hybridized carbons (Fsp3) is 0.222. The van der Waals surface area contributed by atoms with Crippen LogP contribution >= 0.6 is 0 Å². The predicted octanol–water partition coefficient (Wildman–Crippen LogP) is 1.31. The molecule has 0 aromatic carbocycles. The maximum Gasteiger partial charge on any atom is 0.408 e. The normalized spacial score (nSPS) is 10.4. The highest BCUT2D eigenvalue weighted by molar-refractivity contribution is 5.53. The minimum absolute atomic E-state index is 0.172. The third kappa shape index (κ3) is 1.62. The summed E-state index contributed by atoms with van der Waals surface area (Å²) in [5, 5.41) is 10.8. The van der Waals surface area contributed by atoms with Crippen molar-refractivity contribution < 1.29 is 4.92 Å². The van der Waals surface area contributed by atoms with Gasteiger partial charge in [-0.3, -0.25) is 14.7 Å². The van der Waals surface area contributed by atoms with Crippen LogP contribution in [0.2, 0.25) is 0 Å². The van der Waals surface area contributed by atoms with Crippen LogP contribution in [0.5, 0.6) is 0 Å². The highest BCUT2D eigenvalue weighted by atomic mass is 16.6. The Balaban J connectivity index is 2.42. The maximum atomic E-state index is 10.8. The van der Waals surface area contributed by atoms with Crippen LogP contribution in [0, 0.1) is 17.0 Å². The van der Waals surface area contributed by atoms with Crippen LogP contribution < -0.4 is 5.43 Å². The average Bonchev–Trinajstić information content (AvgIpc) is 2.81. The summed E-state index contributed by atoms with van der Waals surface area (Å²) < 4.78 is 3.27. The molecule has 0 spiro atoms. The molecule has 16 heavy (non-hydrogen) atoms. The summed E-state index contributed by atoms with van der Waals surface area (Å²) in [5.41, 5.74) is 2.90. The largest absolute Gasteiger partial charge is 0.408 e. The minimum atomic E-state index is -0.501. The van der Waals surface area contributed by atoms with Crippen LogP contribution in [0.25, 0.3) is 0 Å². The molecule has 0 amide bonds. The Morgan fingerprint density at radius 1 is 1.44 bits per heavy atom. The van der Waals surface area contributed by atoms with Crippen molar-refractivity contribution in [2.45, 2.75) is 6.92 Å². The fourth-order valence-electron chi connectivity index (χ4n) is 1.38. The minimum Gasteiger partial charge on any atom is -0.358 e. The van der Waals surface area contributed by atoms with Crippen molar-refractivity contribution in [1.29, 1.82) is 0 Å². The van der Waals surface area contributed by atoms with Crippen molar-refractivity contribution in [3.8, 4) is 0 Å². The van der Waals surface area contributed by atoms with E-state index >= 15 is 0 Å². The quantitative estimate of drug-likeness (QED) is 0.626. The van der Waals surface area contributed by atoms with Crippen LogP contribution in [0.15, 0.2) is 24.5 Å². The molecule has 0 aliphatic carbocycles. The molecule has 0 fully saturated rings. The van der Waals surface area contributed by atoms with E-state index in [4.69, 9.17) is 0 Å². The van der Waals surface area contributed by atoms with Crippen molar-refractivity contribution in [3.63, 3.8) is 0 Å². The van der Waals surface area contributed by atoms with Gasteiger partial charge in [-0.05, 0) is 22.0 Å². The highest BCUT2D eigenvalue weighted by Gasteiger charge is 2.23. The van der Waals surface area contributed by atoms with Crippen LogP contribution in [0.3, 0.4) is 0 Å². The van der Waals surface area contributed by atoms with E-state index in [-0.39, 0.29) is 5.82 Å². The molecule has 2 aromatic rings. The fourth-order valence-corrected chi connectivity index (χ4v) is 1.38. The van der Waals surface area contributed by atoms with E-state index in [1.807, 2.05) is 12.1 Å². The van der Waals surface area contributed by atoms with E-state index in [0.717, 1.165) is 0 Å². The number of rotatable bonds is 3. The Kier molecular flexibility index (Phi) is 2.35. The molecule has 0 aliphatic rings. The van der Waals surface area contributed by atoms with E-state index in [1.54, 1.807) is 35.6 Å². The smallest absolute Gasteiger partial charge is 0.358 e. The molecule has 0 saturated carbocycles. The second-order valence-electron chi connectivity index (χ2n) is 3.35. The van der Waals surface area contributed by atoms with Gasteiger partial charge < -0.3 is 10.1 Å². The van der Waals surface area contributed by atoms with E-state index in [0.29, 0.717) is 11.6 Å². The number of aryl methyl sites for hydroxylation is 1. The van der Waals surface area contributed by atoms with Gasteiger partial charge in [0.25, 0.3) is 0 Å². The van der Waals surface area contributed by atoms with Crippen molar-refractivity contribution in [3.05, 3.63) is 40.5 Å². The summed E-state index contributed by atoms with van der Waals surface area (Å²) in [6, 6.07) is 3.64. The van der Waals surface area contributed by atoms with Gasteiger partial charge in [-0.2, -0.15) is 0 Å². The van der Waals surface area contributed by atoms with Gasteiger partial charge in [0, 0.05) is 26.4 Å². The first-order chi connectivity index (χ1) is 7.59. The van der Waals surface area contributed by atoms with Crippen LogP contribution in [0.1, 0.15) is 5.82 Å². The molecule has 7 heteroatoms. The zero-order valence-electron chi connectivity index (χ0n) is 8.91. The van der Waals surface area contributed by atoms with Crippen LogP contribution in [0.4, 0.5) is 11.6 Å². The number of nitrogens with zero attached hydrogens (tertiary/aromatic N) is 4. The van der Waals surface area contributed by atoms with Gasteiger partial charge in [-0.1, -0.05) is 0 Å². The van der Waals surface area contributed by atoms with Gasteiger partial charge >= 0.3 is 5.82 Å². The van der Waals surface area contributed by atoms with Crippen LogP contribution in [-0.2, 0) is 7.05 Å². The third-order valence-electron chi connectivity index (χ3n) is 2.31. The van der Waals surface area contributed by atoms with Crippen LogP contribution in [-0.4, -0.2) is 19.2 Å². The lowest BCUT2D eigenvalue weighted by atomic mass is 10.6. The topological polar surface area (TPSA) is 77.9 Å². The molecule has 0 unspecified atom stereocenters. The number of hydrogen-bond acceptors (Lipinski definition) is 4.